The third-order valence-corrected chi connectivity index (χ3v) is 2.72. The monoisotopic (exact) mass is 233 g/mol. The molecule has 0 aromatic carbocycles. The van der Waals surface area contributed by atoms with E-state index in [1.54, 1.807) is 6.20 Å². The van der Waals surface area contributed by atoms with Crippen molar-refractivity contribution in [1.82, 2.24) is 15.0 Å². The summed E-state index contributed by atoms with van der Waals surface area (Å²) in [4.78, 5) is 12.3. The van der Waals surface area contributed by atoms with E-state index in [2.05, 4.69) is 15.0 Å². The molecule has 0 radical (unpaired) electrons. The van der Waals surface area contributed by atoms with Gasteiger partial charge in [-0.05, 0) is 18.4 Å². The third-order valence-electron chi connectivity index (χ3n) is 2.04. The Morgan fingerprint density at radius 3 is 2.62 bits per heavy atom. The van der Waals surface area contributed by atoms with Gasteiger partial charge < -0.3 is 11.5 Å². The Morgan fingerprint density at radius 2 is 2.00 bits per heavy atom. The number of nitrogen functional groups attached to an aromatic ring is 2. The second kappa shape index (κ2) is 4.36. The molecule has 82 valence electrons. The van der Waals surface area contributed by atoms with Crippen LogP contribution < -0.4 is 11.5 Å². The van der Waals surface area contributed by atoms with E-state index < -0.39 is 0 Å². The van der Waals surface area contributed by atoms with E-state index in [1.165, 1.54) is 11.8 Å². The molecule has 2 aromatic rings. The van der Waals surface area contributed by atoms with Crippen molar-refractivity contribution in [2.75, 3.05) is 17.7 Å². The molecule has 6 heteroatoms. The molecule has 0 fully saturated rings. The van der Waals surface area contributed by atoms with Crippen LogP contribution in [0.1, 0.15) is 0 Å². The Bertz CT molecular complexity index is 500. The minimum Gasteiger partial charge on any atom is -0.383 e. The summed E-state index contributed by atoms with van der Waals surface area (Å²) in [5.41, 5.74) is 12.9. The molecule has 4 N–H and O–H groups in total. The van der Waals surface area contributed by atoms with Crippen molar-refractivity contribution in [3.05, 3.63) is 24.4 Å². The van der Waals surface area contributed by atoms with Gasteiger partial charge >= 0.3 is 0 Å². The van der Waals surface area contributed by atoms with Crippen molar-refractivity contribution < 1.29 is 0 Å². The molecule has 0 amide bonds. The standard InChI is InChI=1S/C10H11N5S/c1-16-9-7(6-4-2-3-5-13-6)8(11)14-10(12)15-9/h2-5H,1H3,(H4,11,12,14,15). The zero-order chi connectivity index (χ0) is 11.5. The highest BCUT2D eigenvalue weighted by molar-refractivity contribution is 7.98. The second-order valence-electron chi connectivity index (χ2n) is 3.07. The van der Waals surface area contributed by atoms with E-state index >= 15 is 0 Å². The fourth-order valence-corrected chi connectivity index (χ4v) is 1.97. The molecule has 0 aliphatic heterocycles. The maximum absolute atomic E-state index is 5.85. The van der Waals surface area contributed by atoms with Crippen LogP contribution in [0.2, 0.25) is 0 Å². The summed E-state index contributed by atoms with van der Waals surface area (Å²) in [5, 5.41) is 0.740. The van der Waals surface area contributed by atoms with Crippen LogP contribution in [0.4, 0.5) is 11.8 Å². The van der Waals surface area contributed by atoms with Crippen LogP contribution in [0.25, 0.3) is 11.3 Å². The molecule has 0 aliphatic rings. The highest BCUT2D eigenvalue weighted by Crippen LogP contribution is 2.31. The van der Waals surface area contributed by atoms with Gasteiger partial charge in [-0.1, -0.05) is 6.07 Å². The molecule has 0 atom stereocenters. The Kier molecular flexibility index (Phi) is 2.91. The van der Waals surface area contributed by atoms with Crippen LogP contribution in [-0.4, -0.2) is 21.2 Å². The summed E-state index contributed by atoms with van der Waals surface area (Å²) in [6, 6.07) is 5.60. The smallest absolute Gasteiger partial charge is 0.223 e. The van der Waals surface area contributed by atoms with Crippen LogP contribution >= 0.6 is 11.8 Å². The number of hydrogen-bond donors (Lipinski definition) is 2. The van der Waals surface area contributed by atoms with Crippen LogP contribution in [0.3, 0.4) is 0 Å². The van der Waals surface area contributed by atoms with E-state index in [-0.39, 0.29) is 5.95 Å². The summed E-state index contributed by atoms with van der Waals surface area (Å²) in [7, 11) is 0. The van der Waals surface area contributed by atoms with E-state index in [9.17, 15) is 0 Å². The number of thioether (sulfide) groups is 1. The first kappa shape index (κ1) is 10.7. The first-order chi connectivity index (χ1) is 7.72. The van der Waals surface area contributed by atoms with Crippen molar-refractivity contribution in [2.45, 2.75) is 5.03 Å². The average Bonchev–Trinajstić information content (AvgIpc) is 2.29. The Morgan fingerprint density at radius 1 is 1.19 bits per heavy atom. The lowest BCUT2D eigenvalue weighted by Gasteiger charge is -2.08. The molecular formula is C10H11N5S. The zero-order valence-corrected chi connectivity index (χ0v) is 9.53. The number of rotatable bonds is 2. The van der Waals surface area contributed by atoms with Crippen molar-refractivity contribution >= 4 is 23.5 Å². The third kappa shape index (κ3) is 1.92. The normalized spacial score (nSPS) is 10.3. The van der Waals surface area contributed by atoms with E-state index in [0.29, 0.717) is 5.82 Å². The van der Waals surface area contributed by atoms with E-state index in [1.807, 2.05) is 24.5 Å². The SMILES string of the molecule is CSc1nc(N)nc(N)c1-c1ccccn1. The number of nitrogens with two attached hydrogens (primary N) is 2. The Labute approximate surface area is 97.3 Å². The van der Waals surface area contributed by atoms with Crippen molar-refractivity contribution in [2.24, 2.45) is 0 Å². The number of aromatic nitrogens is 3. The summed E-state index contributed by atoms with van der Waals surface area (Å²) in [6.07, 6.45) is 3.61. The highest BCUT2D eigenvalue weighted by Gasteiger charge is 2.13. The Balaban J connectivity index is 2.64. The zero-order valence-electron chi connectivity index (χ0n) is 8.71. The van der Waals surface area contributed by atoms with Gasteiger partial charge in [-0.25, -0.2) is 4.98 Å². The number of hydrogen-bond acceptors (Lipinski definition) is 6. The summed E-state index contributed by atoms with van der Waals surface area (Å²) in [6.45, 7) is 0. The lowest BCUT2D eigenvalue weighted by Crippen LogP contribution is -2.04. The number of pyridine rings is 1. The minimum atomic E-state index is 0.182. The molecule has 2 aromatic heterocycles. The largest absolute Gasteiger partial charge is 0.383 e. The molecular weight excluding hydrogens is 222 g/mol. The number of nitrogens with zero attached hydrogens (tertiary/aromatic N) is 3. The van der Waals surface area contributed by atoms with Crippen molar-refractivity contribution in [3.63, 3.8) is 0 Å². The number of anilines is 2. The van der Waals surface area contributed by atoms with Gasteiger partial charge in [0.1, 0.15) is 10.8 Å². The predicted molar refractivity (Wildman–Crippen MR) is 65.9 cm³/mol. The van der Waals surface area contributed by atoms with Gasteiger partial charge in [-0.15, -0.1) is 11.8 Å². The highest BCUT2D eigenvalue weighted by atomic mass is 32.2. The molecule has 16 heavy (non-hydrogen) atoms. The van der Waals surface area contributed by atoms with Crippen LogP contribution in [0.5, 0.6) is 0 Å². The molecule has 0 bridgehead atoms. The molecule has 0 spiro atoms. The minimum absolute atomic E-state index is 0.182. The summed E-state index contributed by atoms with van der Waals surface area (Å²) in [5.74, 6) is 0.539. The second-order valence-corrected chi connectivity index (χ2v) is 3.86. The van der Waals surface area contributed by atoms with Gasteiger partial charge in [-0.2, -0.15) is 4.98 Å². The maximum atomic E-state index is 5.85. The maximum Gasteiger partial charge on any atom is 0.223 e. The summed E-state index contributed by atoms with van der Waals surface area (Å²) < 4.78 is 0. The topological polar surface area (TPSA) is 90.7 Å². The molecule has 0 unspecified atom stereocenters. The molecule has 2 heterocycles. The first-order valence-electron chi connectivity index (χ1n) is 4.60. The molecule has 0 saturated heterocycles. The average molecular weight is 233 g/mol. The van der Waals surface area contributed by atoms with Gasteiger partial charge in [0.2, 0.25) is 5.95 Å². The van der Waals surface area contributed by atoms with Crippen LogP contribution in [0, 0.1) is 0 Å². The van der Waals surface area contributed by atoms with Gasteiger partial charge in [0.15, 0.2) is 0 Å². The Hall–Kier alpha value is -1.82. The van der Waals surface area contributed by atoms with E-state index in [0.717, 1.165) is 16.3 Å². The quantitative estimate of drug-likeness (QED) is 0.602. The lowest BCUT2D eigenvalue weighted by atomic mass is 10.2. The van der Waals surface area contributed by atoms with Crippen LogP contribution in [-0.2, 0) is 0 Å². The fraction of sp³-hybridized carbons (Fsp3) is 0.100. The van der Waals surface area contributed by atoms with Crippen molar-refractivity contribution in [1.29, 1.82) is 0 Å². The fourth-order valence-electron chi connectivity index (χ4n) is 1.37. The van der Waals surface area contributed by atoms with Gasteiger partial charge in [-0.3, -0.25) is 4.98 Å². The predicted octanol–water partition coefficient (Wildman–Crippen LogP) is 1.42. The summed E-state index contributed by atoms with van der Waals surface area (Å²) >= 11 is 1.47. The van der Waals surface area contributed by atoms with E-state index in [4.69, 9.17) is 11.5 Å². The molecule has 5 nitrogen and oxygen atoms in total. The van der Waals surface area contributed by atoms with Gasteiger partial charge in [0.05, 0.1) is 11.3 Å². The molecule has 0 saturated carbocycles. The van der Waals surface area contributed by atoms with Crippen molar-refractivity contribution in [3.8, 4) is 11.3 Å². The van der Waals surface area contributed by atoms with Gasteiger partial charge in [0, 0.05) is 6.20 Å². The lowest BCUT2D eigenvalue weighted by molar-refractivity contribution is 1.07. The molecule has 0 aliphatic carbocycles. The molecule has 2 rings (SSSR count). The van der Waals surface area contributed by atoms with Crippen LogP contribution in [0.15, 0.2) is 29.4 Å². The first-order valence-corrected chi connectivity index (χ1v) is 5.83. The van der Waals surface area contributed by atoms with Gasteiger partial charge in [0.25, 0.3) is 0 Å².